The minimum absolute atomic E-state index is 0.183. The lowest BCUT2D eigenvalue weighted by atomic mass is 10.3. The zero-order chi connectivity index (χ0) is 13.9. The number of amides is 2. The van der Waals surface area contributed by atoms with E-state index < -0.39 is 35.4 Å². The van der Waals surface area contributed by atoms with Crippen molar-refractivity contribution in [1.82, 2.24) is 5.32 Å². The number of rotatable bonds is 3. The van der Waals surface area contributed by atoms with E-state index in [4.69, 9.17) is 5.11 Å². The molecule has 5 nitrogen and oxygen atoms in total. The Kier molecular flexibility index (Phi) is 4.60. The molecule has 2 amide bonds. The number of anilines is 1. The maximum Gasteiger partial charge on any atom is 0.325 e. The molecule has 0 unspecified atom stereocenters. The highest BCUT2D eigenvalue weighted by Crippen LogP contribution is 2.23. The summed E-state index contributed by atoms with van der Waals surface area (Å²) in [6.07, 6.45) is 0. The largest absolute Gasteiger partial charge is 0.480 e. The minimum Gasteiger partial charge on any atom is -0.480 e. The number of carboxylic acid groups (broad SMARTS) is 1. The van der Waals surface area contributed by atoms with Crippen molar-refractivity contribution in [2.75, 3.05) is 5.32 Å². The summed E-state index contributed by atoms with van der Waals surface area (Å²) in [6.45, 7) is 1.22. The number of hydrogen-bond donors (Lipinski definition) is 3. The summed E-state index contributed by atoms with van der Waals surface area (Å²) >= 11 is 2.89. The molecule has 0 aromatic heterocycles. The van der Waals surface area contributed by atoms with Crippen molar-refractivity contribution in [3.8, 4) is 0 Å². The summed E-state index contributed by atoms with van der Waals surface area (Å²) in [5, 5.41) is 12.5. The molecule has 0 fully saturated rings. The third-order valence-electron chi connectivity index (χ3n) is 1.96. The van der Waals surface area contributed by atoms with E-state index in [0.29, 0.717) is 0 Å². The fourth-order valence-corrected chi connectivity index (χ4v) is 1.47. The molecule has 98 valence electrons. The van der Waals surface area contributed by atoms with E-state index >= 15 is 0 Å². The molecule has 0 aliphatic heterocycles. The Balaban J connectivity index is 2.80. The molecule has 18 heavy (non-hydrogen) atoms. The summed E-state index contributed by atoms with van der Waals surface area (Å²) in [5.41, 5.74) is -0.645. The van der Waals surface area contributed by atoms with Gasteiger partial charge >= 0.3 is 12.0 Å². The predicted octanol–water partition coefficient (Wildman–Crippen LogP) is 2.32. The molecule has 0 bridgehead atoms. The summed E-state index contributed by atoms with van der Waals surface area (Å²) < 4.78 is 26.9. The Morgan fingerprint density at radius 2 is 1.83 bits per heavy atom. The molecule has 8 heteroatoms. The number of hydrogen-bond acceptors (Lipinski definition) is 2. The Labute approximate surface area is 109 Å². The van der Waals surface area contributed by atoms with Crippen LogP contribution in [-0.2, 0) is 4.79 Å². The van der Waals surface area contributed by atoms with Gasteiger partial charge in [0, 0.05) is 4.47 Å². The first-order valence-corrected chi connectivity index (χ1v) is 5.55. The number of halogens is 3. The molecular formula is C10H9BrF2N2O3. The number of nitrogens with one attached hydrogen (secondary N) is 2. The molecule has 0 aliphatic rings. The molecule has 0 aliphatic carbocycles. The van der Waals surface area contributed by atoms with Crippen LogP contribution in [0.15, 0.2) is 16.6 Å². The van der Waals surface area contributed by atoms with Crippen LogP contribution < -0.4 is 10.6 Å². The maximum absolute atomic E-state index is 13.3. The van der Waals surface area contributed by atoms with Gasteiger partial charge in [0.05, 0.1) is 0 Å². The molecule has 1 aromatic carbocycles. The predicted molar refractivity (Wildman–Crippen MR) is 63.3 cm³/mol. The molecule has 0 heterocycles. The number of carboxylic acids is 1. The third kappa shape index (κ3) is 3.66. The zero-order valence-corrected chi connectivity index (χ0v) is 10.7. The van der Waals surface area contributed by atoms with Crippen LogP contribution >= 0.6 is 15.9 Å². The van der Waals surface area contributed by atoms with E-state index in [1.165, 1.54) is 6.92 Å². The van der Waals surface area contributed by atoms with Crippen LogP contribution in [0.5, 0.6) is 0 Å². The summed E-state index contributed by atoms with van der Waals surface area (Å²) in [5.74, 6) is -3.21. The second kappa shape index (κ2) is 5.76. The first kappa shape index (κ1) is 14.4. The molecule has 1 aromatic rings. The summed E-state index contributed by atoms with van der Waals surface area (Å²) in [6, 6.07) is -0.241. The molecule has 0 saturated heterocycles. The average Bonchev–Trinajstić information content (AvgIpc) is 2.23. The number of carbonyl (C=O) groups excluding carboxylic acids is 1. The van der Waals surface area contributed by atoms with Gasteiger partial charge in [-0.05, 0) is 19.1 Å². The van der Waals surface area contributed by atoms with Gasteiger partial charge in [0.25, 0.3) is 0 Å². The van der Waals surface area contributed by atoms with Gasteiger partial charge in [-0.25, -0.2) is 13.6 Å². The standard InChI is InChI=1S/C10H9BrF2N2O3/c1-4(9(16)17)14-10(18)15-8-6(12)2-5(11)3-7(8)13/h2-4H,1H3,(H,16,17)(H2,14,15,18)/t4-/m0/s1. The van der Waals surface area contributed by atoms with Crippen LogP contribution in [0.4, 0.5) is 19.3 Å². The molecule has 1 rings (SSSR count). The molecule has 0 saturated carbocycles. The number of urea groups is 1. The van der Waals surface area contributed by atoms with Gasteiger partial charge in [-0.2, -0.15) is 0 Å². The van der Waals surface area contributed by atoms with Crippen molar-refractivity contribution < 1.29 is 23.5 Å². The maximum atomic E-state index is 13.3. The Bertz CT molecular complexity index is 473. The third-order valence-corrected chi connectivity index (χ3v) is 2.42. The van der Waals surface area contributed by atoms with Crippen LogP contribution in [0.2, 0.25) is 0 Å². The van der Waals surface area contributed by atoms with Crippen LogP contribution in [-0.4, -0.2) is 23.1 Å². The Hall–Kier alpha value is -1.70. The van der Waals surface area contributed by atoms with Crippen molar-refractivity contribution in [2.24, 2.45) is 0 Å². The highest BCUT2D eigenvalue weighted by atomic mass is 79.9. The highest BCUT2D eigenvalue weighted by molar-refractivity contribution is 9.10. The quantitative estimate of drug-likeness (QED) is 0.799. The molecule has 3 N–H and O–H groups in total. The van der Waals surface area contributed by atoms with Crippen molar-refractivity contribution in [1.29, 1.82) is 0 Å². The van der Waals surface area contributed by atoms with Crippen LogP contribution in [0, 0.1) is 11.6 Å². The normalized spacial score (nSPS) is 11.8. The molecule has 0 radical (unpaired) electrons. The van der Waals surface area contributed by atoms with Crippen molar-refractivity contribution in [3.05, 3.63) is 28.2 Å². The van der Waals surface area contributed by atoms with Gasteiger partial charge in [0.2, 0.25) is 0 Å². The first-order valence-electron chi connectivity index (χ1n) is 4.76. The lowest BCUT2D eigenvalue weighted by Crippen LogP contribution is -2.41. The number of carbonyl (C=O) groups is 2. The second-order valence-electron chi connectivity index (χ2n) is 3.40. The Morgan fingerprint density at radius 1 is 1.33 bits per heavy atom. The smallest absolute Gasteiger partial charge is 0.325 e. The van der Waals surface area contributed by atoms with Crippen molar-refractivity contribution in [3.63, 3.8) is 0 Å². The summed E-state index contributed by atoms with van der Waals surface area (Å²) in [4.78, 5) is 21.8. The lowest BCUT2D eigenvalue weighted by molar-refractivity contribution is -0.138. The van der Waals surface area contributed by atoms with Crippen LogP contribution in [0.3, 0.4) is 0 Å². The van der Waals surface area contributed by atoms with E-state index in [-0.39, 0.29) is 4.47 Å². The minimum atomic E-state index is -1.26. The van der Waals surface area contributed by atoms with E-state index in [1.54, 1.807) is 0 Å². The van der Waals surface area contributed by atoms with Gasteiger partial charge in [-0.15, -0.1) is 0 Å². The first-order chi connectivity index (χ1) is 8.31. The topological polar surface area (TPSA) is 78.4 Å². The van der Waals surface area contributed by atoms with Gasteiger partial charge < -0.3 is 15.7 Å². The fourth-order valence-electron chi connectivity index (χ4n) is 1.07. The molecular weight excluding hydrogens is 314 g/mol. The lowest BCUT2D eigenvalue weighted by Gasteiger charge is -2.12. The van der Waals surface area contributed by atoms with Crippen LogP contribution in [0.1, 0.15) is 6.92 Å². The van der Waals surface area contributed by atoms with Crippen molar-refractivity contribution in [2.45, 2.75) is 13.0 Å². The van der Waals surface area contributed by atoms with Gasteiger partial charge in [0.1, 0.15) is 11.7 Å². The SMILES string of the molecule is C[C@H](NC(=O)Nc1c(F)cc(Br)cc1F)C(=O)O. The van der Waals surface area contributed by atoms with Gasteiger partial charge in [-0.3, -0.25) is 4.79 Å². The van der Waals surface area contributed by atoms with E-state index in [0.717, 1.165) is 12.1 Å². The van der Waals surface area contributed by atoms with Gasteiger partial charge in [-0.1, -0.05) is 15.9 Å². The second-order valence-corrected chi connectivity index (χ2v) is 4.32. The zero-order valence-electron chi connectivity index (χ0n) is 9.13. The van der Waals surface area contributed by atoms with Crippen molar-refractivity contribution >= 4 is 33.6 Å². The average molecular weight is 323 g/mol. The highest BCUT2D eigenvalue weighted by Gasteiger charge is 2.17. The van der Waals surface area contributed by atoms with Crippen LogP contribution in [0.25, 0.3) is 0 Å². The Morgan fingerprint density at radius 3 is 2.28 bits per heavy atom. The fraction of sp³-hybridized carbons (Fsp3) is 0.200. The number of aliphatic carboxylic acids is 1. The van der Waals surface area contributed by atoms with E-state index in [9.17, 15) is 18.4 Å². The van der Waals surface area contributed by atoms with Gasteiger partial charge in [0.15, 0.2) is 11.6 Å². The monoisotopic (exact) mass is 322 g/mol. The van der Waals surface area contributed by atoms with E-state index in [1.807, 2.05) is 10.6 Å². The summed E-state index contributed by atoms with van der Waals surface area (Å²) in [7, 11) is 0. The van der Waals surface area contributed by atoms with E-state index in [2.05, 4.69) is 15.9 Å². The molecule has 1 atom stereocenters. The number of benzene rings is 1. The molecule has 0 spiro atoms.